The Bertz CT molecular complexity index is 716. The Morgan fingerprint density at radius 3 is 2.14 bits per heavy atom. The van der Waals surface area contributed by atoms with E-state index in [-0.39, 0.29) is 11.8 Å². The van der Waals surface area contributed by atoms with Crippen molar-refractivity contribution in [3.63, 3.8) is 0 Å². The van der Waals surface area contributed by atoms with Gasteiger partial charge in [0.25, 0.3) is 0 Å². The van der Waals surface area contributed by atoms with Crippen molar-refractivity contribution in [3.8, 4) is 0 Å². The smallest absolute Gasteiger partial charge is 0.236 e. The summed E-state index contributed by atoms with van der Waals surface area (Å²) in [6, 6.07) is 0. The van der Waals surface area contributed by atoms with Gasteiger partial charge in [-0.05, 0) is 19.8 Å². The molecule has 1 aromatic heterocycles. The topological polar surface area (TPSA) is 70.9 Å². The standard InChI is InChI=1S/C21H35N5O3/c1-16(2)14-26-18(4)19(17(3)22-26)13-20(27)24-5-7-25(8-6-24)21(28)15-23-9-11-29-12-10-23/h16H,5-15H2,1-4H3. The molecule has 2 fully saturated rings. The van der Waals surface area contributed by atoms with Gasteiger partial charge in [-0.15, -0.1) is 0 Å². The number of piperazine rings is 1. The van der Waals surface area contributed by atoms with E-state index in [1.807, 2.05) is 28.3 Å². The lowest BCUT2D eigenvalue weighted by Gasteiger charge is -2.36. The van der Waals surface area contributed by atoms with Crippen molar-refractivity contribution in [1.82, 2.24) is 24.5 Å². The van der Waals surface area contributed by atoms with Crippen LogP contribution in [0, 0.1) is 19.8 Å². The fourth-order valence-electron chi connectivity index (χ4n) is 4.03. The molecule has 3 heterocycles. The maximum atomic E-state index is 12.9. The normalized spacial score (nSPS) is 18.5. The number of morpholine rings is 1. The highest BCUT2D eigenvalue weighted by Gasteiger charge is 2.27. The van der Waals surface area contributed by atoms with Crippen LogP contribution in [0.1, 0.15) is 30.8 Å². The second-order valence-corrected chi connectivity index (χ2v) is 8.55. The number of aromatic nitrogens is 2. The Morgan fingerprint density at radius 2 is 1.55 bits per heavy atom. The van der Waals surface area contributed by atoms with Crippen LogP contribution in [0.5, 0.6) is 0 Å². The molecule has 0 bridgehead atoms. The van der Waals surface area contributed by atoms with Gasteiger partial charge < -0.3 is 14.5 Å². The van der Waals surface area contributed by atoms with Crippen molar-refractivity contribution in [2.24, 2.45) is 5.92 Å². The van der Waals surface area contributed by atoms with E-state index in [2.05, 4.69) is 23.8 Å². The van der Waals surface area contributed by atoms with Crippen molar-refractivity contribution in [3.05, 3.63) is 17.0 Å². The van der Waals surface area contributed by atoms with E-state index >= 15 is 0 Å². The molecule has 0 atom stereocenters. The first-order chi connectivity index (χ1) is 13.8. The summed E-state index contributed by atoms with van der Waals surface area (Å²) in [5, 5.41) is 4.62. The quantitative estimate of drug-likeness (QED) is 0.697. The fourth-order valence-corrected chi connectivity index (χ4v) is 4.03. The Kier molecular flexibility index (Phi) is 7.29. The number of aryl methyl sites for hydroxylation is 1. The molecule has 0 saturated carbocycles. The van der Waals surface area contributed by atoms with E-state index in [0.717, 1.165) is 36.6 Å². The highest BCUT2D eigenvalue weighted by molar-refractivity contribution is 5.81. The Morgan fingerprint density at radius 1 is 0.966 bits per heavy atom. The summed E-state index contributed by atoms with van der Waals surface area (Å²) in [5.74, 6) is 0.792. The Balaban J connectivity index is 1.50. The van der Waals surface area contributed by atoms with Gasteiger partial charge in [0, 0.05) is 57.1 Å². The van der Waals surface area contributed by atoms with Gasteiger partial charge in [-0.1, -0.05) is 13.8 Å². The number of nitrogens with zero attached hydrogens (tertiary/aromatic N) is 5. The molecular weight excluding hydrogens is 370 g/mol. The van der Waals surface area contributed by atoms with Gasteiger partial charge in [-0.2, -0.15) is 5.10 Å². The second-order valence-electron chi connectivity index (χ2n) is 8.55. The highest BCUT2D eigenvalue weighted by atomic mass is 16.5. The van der Waals surface area contributed by atoms with Crippen molar-refractivity contribution < 1.29 is 14.3 Å². The van der Waals surface area contributed by atoms with E-state index in [9.17, 15) is 9.59 Å². The first-order valence-electron chi connectivity index (χ1n) is 10.7. The van der Waals surface area contributed by atoms with Gasteiger partial charge in [-0.25, -0.2) is 0 Å². The van der Waals surface area contributed by atoms with Gasteiger partial charge in [0.1, 0.15) is 0 Å². The summed E-state index contributed by atoms with van der Waals surface area (Å²) >= 11 is 0. The molecular formula is C21H35N5O3. The van der Waals surface area contributed by atoms with E-state index in [1.165, 1.54) is 0 Å². The zero-order valence-corrected chi connectivity index (χ0v) is 18.3. The average molecular weight is 406 g/mol. The molecule has 8 nitrogen and oxygen atoms in total. The minimum Gasteiger partial charge on any atom is -0.379 e. The van der Waals surface area contributed by atoms with Gasteiger partial charge in [0.05, 0.1) is 31.9 Å². The number of amides is 2. The van der Waals surface area contributed by atoms with E-state index in [0.29, 0.717) is 58.3 Å². The van der Waals surface area contributed by atoms with Crippen LogP contribution in [0.2, 0.25) is 0 Å². The summed E-state index contributed by atoms with van der Waals surface area (Å²) in [5.41, 5.74) is 3.07. The largest absolute Gasteiger partial charge is 0.379 e. The summed E-state index contributed by atoms with van der Waals surface area (Å²) in [4.78, 5) is 31.3. The molecule has 0 radical (unpaired) electrons. The third-order valence-corrected chi connectivity index (χ3v) is 5.85. The van der Waals surface area contributed by atoms with Gasteiger partial charge in [-0.3, -0.25) is 19.2 Å². The predicted octanol–water partition coefficient (Wildman–Crippen LogP) is 0.701. The lowest BCUT2D eigenvalue weighted by molar-refractivity contribution is -0.140. The van der Waals surface area contributed by atoms with Crippen molar-refractivity contribution >= 4 is 11.8 Å². The number of ether oxygens (including phenoxy) is 1. The first kappa shape index (κ1) is 21.8. The Hall–Kier alpha value is -1.93. The molecule has 1 aromatic rings. The summed E-state index contributed by atoms with van der Waals surface area (Å²) in [7, 11) is 0. The molecule has 0 aliphatic carbocycles. The second kappa shape index (κ2) is 9.71. The monoisotopic (exact) mass is 405 g/mol. The number of hydrogen-bond donors (Lipinski definition) is 0. The predicted molar refractivity (Wildman–Crippen MR) is 111 cm³/mol. The number of rotatable bonds is 6. The summed E-state index contributed by atoms with van der Waals surface area (Å²) < 4.78 is 7.35. The zero-order valence-electron chi connectivity index (χ0n) is 18.3. The lowest BCUT2D eigenvalue weighted by atomic mass is 10.1. The lowest BCUT2D eigenvalue weighted by Crippen LogP contribution is -2.53. The maximum absolute atomic E-state index is 12.9. The van der Waals surface area contributed by atoms with E-state index in [1.54, 1.807) is 0 Å². The molecule has 162 valence electrons. The molecule has 0 aromatic carbocycles. The van der Waals surface area contributed by atoms with Crippen LogP contribution in [-0.2, 0) is 27.3 Å². The van der Waals surface area contributed by atoms with Crippen LogP contribution in [0.25, 0.3) is 0 Å². The minimum absolute atomic E-state index is 0.126. The molecule has 2 aliphatic heterocycles. The third-order valence-electron chi connectivity index (χ3n) is 5.85. The molecule has 3 rings (SSSR count). The van der Waals surface area contributed by atoms with Crippen LogP contribution in [0.4, 0.5) is 0 Å². The third kappa shape index (κ3) is 5.57. The van der Waals surface area contributed by atoms with E-state index in [4.69, 9.17) is 4.74 Å². The molecule has 29 heavy (non-hydrogen) atoms. The number of hydrogen-bond acceptors (Lipinski definition) is 5. The van der Waals surface area contributed by atoms with Crippen LogP contribution in [0.3, 0.4) is 0 Å². The average Bonchev–Trinajstić information content (AvgIpc) is 2.95. The summed E-state index contributed by atoms with van der Waals surface area (Å²) in [6.45, 7) is 15.1. The molecule has 0 spiro atoms. The number of carbonyl (C=O) groups excluding carboxylic acids is 2. The van der Waals surface area contributed by atoms with Crippen molar-refractivity contribution in [1.29, 1.82) is 0 Å². The highest BCUT2D eigenvalue weighted by Crippen LogP contribution is 2.17. The minimum atomic E-state index is 0.126. The molecule has 0 N–H and O–H groups in total. The molecule has 2 saturated heterocycles. The SMILES string of the molecule is Cc1nn(CC(C)C)c(C)c1CC(=O)N1CCN(C(=O)CN2CCOCC2)CC1. The van der Waals surface area contributed by atoms with Gasteiger partial charge >= 0.3 is 0 Å². The van der Waals surface area contributed by atoms with Crippen molar-refractivity contribution in [2.45, 2.75) is 40.7 Å². The van der Waals surface area contributed by atoms with E-state index < -0.39 is 0 Å². The van der Waals surface area contributed by atoms with Crippen LogP contribution in [0.15, 0.2) is 0 Å². The molecule has 2 amide bonds. The van der Waals surface area contributed by atoms with Crippen LogP contribution < -0.4 is 0 Å². The number of carbonyl (C=O) groups is 2. The molecule has 0 unspecified atom stereocenters. The zero-order chi connectivity index (χ0) is 21.0. The molecule has 8 heteroatoms. The van der Waals surface area contributed by atoms with Crippen LogP contribution >= 0.6 is 0 Å². The van der Waals surface area contributed by atoms with Gasteiger partial charge in [0.2, 0.25) is 11.8 Å². The van der Waals surface area contributed by atoms with Crippen LogP contribution in [-0.4, -0.2) is 95.3 Å². The maximum Gasteiger partial charge on any atom is 0.236 e. The fraction of sp³-hybridized carbons (Fsp3) is 0.762. The Labute approximate surface area is 173 Å². The van der Waals surface area contributed by atoms with Crippen molar-refractivity contribution in [2.75, 3.05) is 59.0 Å². The summed E-state index contributed by atoms with van der Waals surface area (Å²) in [6.07, 6.45) is 0.386. The van der Waals surface area contributed by atoms with Gasteiger partial charge in [0.15, 0.2) is 0 Å². The first-order valence-corrected chi connectivity index (χ1v) is 10.7. The molecule has 2 aliphatic rings.